The highest BCUT2D eigenvalue weighted by Crippen LogP contribution is 2.10. The second kappa shape index (κ2) is 4.31. The molecule has 4 nitrogen and oxygen atoms in total. The first-order chi connectivity index (χ1) is 7.27. The molecule has 1 unspecified atom stereocenters. The minimum atomic E-state index is 0.318. The fourth-order valence-corrected chi connectivity index (χ4v) is 1.55. The fraction of sp³-hybridized carbons (Fsp3) is 0.364. The Labute approximate surface area is 89.3 Å². The van der Waals surface area contributed by atoms with Crippen LogP contribution in [0.2, 0.25) is 0 Å². The topological polar surface area (TPSA) is 45.6 Å². The molecule has 2 aromatic heterocycles. The molecule has 0 aliphatic rings. The van der Waals surface area contributed by atoms with Gasteiger partial charge in [-0.05, 0) is 19.1 Å². The molecule has 4 heteroatoms. The van der Waals surface area contributed by atoms with Crippen LogP contribution in [0.5, 0.6) is 0 Å². The van der Waals surface area contributed by atoms with Crippen molar-refractivity contribution in [3.8, 4) is 0 Å². The largest absolute Gasteiger partial charge is 0.353 e. The first-order valence-corrected chi connectivity index (χ1v) is 5.09. The quantitative estimate of drug-likeness (QED) is 0.794. The summed E-state index contributed by atoms with van der Waals surface area (Å²) in [5, 5.41) is 10.2. The number of nitrogens with one attached hydrogen (secondary N) is 2. The lowest BCUT2D eigenvalue weighted by Crippen LogP contribution is -2.19. The molecular weight excluding hydrogens is 188 g/mol. The van der Waals surface area contributed by atoms with Crippen molar-refractivity contribution in [3.05, 3.63) is 42.0 Å². The van der Waals surface area contributed by atoms with Crippen LogP contribution in [0.25, 0.3) is 0 Å². The average molecular weight is 204 g/mol. The van der Waals surface area contributed by atoms with Crippen molar-refractivity contribution < 1.29 is 0 Å². The third-order valence-electron chi connectivity index (χ3n) is 2.66. The molecule has 2 heterocycles. The third kappa shape index (κ3) is 2.27. The van der Waals surface area contributed by atoms with E-state index in [1.165, 1.54) is 11.3 Å². The van der Waals surface area contributed by atoms with E-state index in [1.807, 2.05) is 12.4 Å². The van der Waals surface area contributed by atoms with E-state index in [0.717, 1.165) is 6.54 Å². The predicted octanol–water partition coefficient (Wildman–Crippen LogP) is 1.60. The van der Waals surface area contributed by atoms with Crippen LogP contribution in [0.3, 0.4) is 0 Å². The fourth-order valence-electron chi connectivity index (χ4n) is 1.55. The van der Waals surface area contributed by atoms with E-state index in [2.05, 4.69) is 52.4 Å². The Morgan fingerprint density at radius 2 is 2.47 bits per heavy atom. The molecule has 2 aromatic rings. The van der Waals surface area contributed by atoms with Crippen LogP contribution < -0.4 is 5.32 Å². The van der Waals surface area contributed by atoms with Crippen molar-refractivity contribution in [3.63, 3.8) is 0 Å². The van der Waals surface area contributed by atoms with Gasteiger partial charge in [0.2, 0.25) is 0 Å². The molecule has 80 valence electrons. The van der Waals surface area contributed by atoms with Crippen LogP contribution in [0, 0.1) is 0 Å². The minimum absolute atomic E-state index is 0.318. The van der Waals surface area contributed by atoms with Crippen molar-refractivity contribution in [1.82, 2.24) is 20.1 Å². The zero-order valence-electron chi connectivity index (χ0n) is 9.07. The van der Waals surface area contributed by atoms with Gasteiger partial charge in [0.05, 0.1) is 6.20 Å². The molecule has 0 amide bonds. The van der Waals surface area contributed by atoms with Gasteiger partial charge in [-0.3, -0.25) is 5.10 Å². The van der Waals surface area contributed by atoms with Gasteiger partial charge in [0.15, 0.2) is 0 Å². The summed E-state index contributed by atoms with van der Waals surface area (Å²) < 4.78 is 2.12. The summed E-state index contributed by atoms with van der Waals surface area (Å²) in [7, 11) is 2.06. The second-order valence-electron chi connectivity index (χ2n) is 3.74. The summed E-state index contributed by atoms with van der Waals surface area (Å²) in [5.41, 5.74) is 2.47. The molecule has 0 saturated carbocycles. The van der Waals surface area contributed by atoms with Crippen molar-refractivity contribution >= 4 is 0 Å². The molecule has 0 aliphatic heterocycles. The van der Waals surface area contributed by atoms with Crippen molar-refractivity contribution in [2.75, 3.05) is 0 Å². The maximum atomic E-state index is 3.94. The maximum absolute atomic E-state index is 3.94. The summed E-state index contributed by atoms with van der Waals surface area (Å²) in [4.78, 5) is 0. The number of hydrogen-bond donors (Lipinski definition) is 2. The Kier molecular flexibility index (Phi) is 2.87. The van der Waals surface area contributed by atoms with Crippen LogP contribution >= 0.6 is 0 Å². The van der Waals surface area contributed by atoms with Gasteiger partial charge in [0, 0.05) is 43.3 Å². The molecule has 0 aromatic carbocycles. The van der Waals surface area contributed by atoms with E-state index in [9.17, 15) is 0 Å². The Morgan fingerprint density at radius 3 is 3.07 bits per heavy atom. The Bertz CT molecular complexity index is 402. The van der Waals surface area contributed by atoms with Crippen LogP contribution in [0.4, 0.5) is 0 Å². The molecule has 2 N–H and O–H groups in total. The van der Waals surface area contributed by atoms with E-state index in [4.69, 9.17) is 0 Å². The molecule has 2 rings (SSSR count). The molecule has 1 atom stereocenters. The van der Waals surface area contributed by atoms with E-state index in [1.54, 1.807) is 0 Å². The molecule has 0 aliphatic carbocycles. The molecule has 15 heavy (non-hydrogen) atoms. The molecule has 0 spiro atoms. The number of rotatable bonds is 4. The summed E-state index contributed by atoms with van der Waals surface area (Å²) >= 11 is 0. The standard InChI is InChI=1S/C11H16N4/c1-9(10-6-13-14-7-10)12-8-11-4-3-5-15(11)2/h3-7,9,12H,8H2,1-2H3,(H,13,14). The van der Waals surface area contributed by atoms with Crippen molar-refractivity contribution in [2.24, 2.45) is 7.05 Å². The summed E-state index contributed by atoms with van der Waals surface area (Å²) in [5.74, 6) is 0. The Morgan fingerprint density at radius 1 is 1.60 bits per heavy atom. The molecular formula is C11H16N4. The van der Waals surface area contributed by atoms with Crippen LogP contribution in [0.15, 0.2) is 30.7 Å². The van der Waals surface area contributed by atoms with Crippen molar-refractivity contribution in [1.29, 1.82) is 0 Å². The van der Waals surface area contributed by atoms with Gasteiger partial charge in [-0.25, -0.2) is 0 Å². The SMILES string of the molecule is CC(NCc1cccn1C)c1cn[nH]c1. The lowest BCUT2D eigenvalue weighted by Gasteiger charge is -2.12. The van der Waals surface area contributed by atoms with Crippen LogP contribution in [0.1, 0.15) is 24.2 Å². The second-order valence-corrected chi connectivity index (χ2v) is 3.74. The Hall–Kier alpha value is -1.55. The smallest absolute Gasteiger partial charge is 0.0534 e. The van der Waals surface area contributed by atoms with Crippen molar-refractivity contribution in [2.45, 2.75) is 19.5 Å². The van der Waals surface area contributed by atoms with E-state index in [-0.39, 0.29) is 0 Å². The summed E-state index contributed by atoms with van der Waals surface area (Å²) in [6.07, 6.45) is 5.82. The van der Waals surface area contributed by atoms with Gasteiger partial charge in [-0.15, -0.1) is 0 Å². The highest BCUT2D eigenvalue weighted by atomic mass is 15.1. The Balaban J connectivity index is 1.91. The first kappa shape index (κ1) is 9.98. The number of H-pyrrole nitrogens is 1. The molecule has 0 bridgehead atoms. The predicted molar refractivity (Wildman–Crippen MR) is 59.3 cm³/mol. The highest BCUT2D eigenvalue weighted by molar-refractivity contribution is 5.10. The van der Waals surface area contributed by atoms with Gasteiger partial charge in [0.1, 0.15) is 0 Å². The number of hydrogen-bond acceptors (Lipinski definition) is 2. The molecule has 0 radical (unpaired) electrons. The first-order valence-electron chi connectivity index (χ1n) is 5.09. The summed E-state index contributed by atoms with van der Waals surface area (Å²) in [6.45, 7) is 3.00. The maximum Gasteiger partial charge on any atom is 0.0534 e. The molecule has 0 fully saturated rings. The van der Waals surface area contributed by atoms with Crippen LogP contribution in [-0.2, 0) is 13.6 Å². The lowest BCUT2D eigenvalue weighted by molar-refractivity contribution is 0.558. The van der Waals surface area contributed by atoms with E-state index in [0.29, 0.717) is 6.04 Å². The van der Waals surface area contributed by atoms with Gasteiger partial charge in [-0.2, -0.15) is 5.10 Å². The summed E-state index contributed by atoms with van der Waals surface area (Å²) in [6, 6.07) is 4.49. The van der Waals surface area contributed by atoms with Gasteiger partial charge >= 0.3 is 0 Å². The molecule has 0 saturated heterocycles. The third-order valence-corrected chi connectivity index (χ3v) is 2.66. The zero-order valence-corrected chi connectivity index (χ0v) is 9.07. The van der Waals surface area contributed by atoms with Gasteiger partial charge < -0.3 is 9.88 Å². The van der Waals surface area contributed by atoms with Gasteiger partial charge in [0.25, 0.3) is 0 Å². The minimum Gasteiger partial charge on any atom is -0.353 e. The zero-order chi connectivity index (χ0) is 10.7. The van der Waals surface area contributed by atoms with Crippen LogP contribution in [-0.4, -0.2) is 14.8 Å². The number of aromatic nitrogens is 3. The normalized spacial score (nSPS) is 12.9. The average Bonchev–Trinajstić information content (AvgIpc) is 2.85. The van der Waals surface area contributed by atoms with E-state index < -0.39 is 0 Å². The number of aromatic amines is 1. The highest BCUT2D eigenvalue weighted by Gasteiger charge is 2.06. The van der Waals surface area contributed by atoms with Gasteiger partial charge in [-0.1, -0.05) is 0 Å². The monoisotopic (exact) mass is 204 g/mol. The van der Waals surface area contributed by atoms with E-state index >= 15 is 0 Å². The number of aryl methyl sites for hydroxylation is 1. The lowest BCUT2D eigenvalue weighted by atomic mass is 10.2. The number of nitrogens with zero attached hydrogens (tertiary/aromatic N) is 2.